The predicted molar refractivity (Wildman–Crippen MR) is 180 cm³/mol. The van der Waals surface area contributed by atoms with Crippen molar-refractivity contribution < 1.29 is 8.83 Å². The maximum absolute atomic E-state index is 5.97. The minimum absolute atomic E-state index is 0.140. The molecule has 8 N–H and O–H groups in total. The first-order valence-corrected chi connectivity index (χ1v) is 14.7. The number of aryl methyl sites for hydroxylation is 1. The first-order valence-electron chi connectivity index (χ1n) is 14.7. The van der Waals surface area contributed by atoms with Gasteiger partial charge in [-0.1, -0.05) is 34.7 Å². The molecule has 0 amide bonds. The molecule has 0 aliphatic rings. The van der Waals surface area contributed by atoms with Crippen LogP contribution >= 0.6 is 0 Å². The largest absolute Gasteiger partial charge is 0.463 e. The van der Waals surface area contributed by atoms with E-state index in [4.69, 9.17) is 31.8 Å². The average molecular weight is 643 g/mol. The molecule has 16 nitrogen and oxygen atoms in total. The maximum atomic E-state index is 5.97. The molecule has 2 aromatic carbocycles. The highest BCUT2D eigenvalue weighted by atomic mass is 16.3. The van der Waals surface area contributed by atoms with Gasteiger partial charge in [0.1, 0.15) is 11.4 Å². The van der Waals surface area contributed by atoms with Crippen molar-refractivity contribution in [1.29, 1.82) is 0 Å². The van der Waals surface area contributed by atoms with Crippen LogP contribution < -0.4 is 22.9 Å². The van der Waals surface area contributed by atoms with Crippen molar-refractivity contribution in [3.05, 3.63) is 95.4 Å². The Bertz CT molecular complexity index is 2380. The van der Waals surface area contributed by atoms with E-state index >= 15 is 0 Å². The first-order chi connectivity index (χ1) is 23.2. The van der Waals surface area contributed by atoms with Crippen molar-refractivity contribution in [2.75, 3.05) is 22.9 Å². The summed E-state index contributed by atoms with van der Waals surface area (Å²) in [6.45, 7) is 4.91. The Labute approximate surface area is 272 Å². The van der Waals surface area contributed by atoms with Gasteiger partial charge in [-0.25, -0.2) is 19.3 Å². The number of hydrogen-bond acceptors (Lipinski definition) is 14. The molecule has 8 aromatic rings. The molecule has 48 heavy (non-hydrogen) atoms. The number of fused-ring (bicyclic) bond motifs is 2. The lowest BCUT2D eigenvalue weighted by atomic mass is 10.1. The molecule has 0 saturated carbocycles. The van der Waals surface area contributed by atoms with E-state index in [9.17, 15) is 0 Å². The Balaban J connectivity index is 0.000000152. The van der Waals surface area contributed by atoms with E-state index in [1.807, 2.05) is 50.2 Å². The minimum Gasteiger partial charge on any atom is -0.463 e. The molecule has 0 radical (unpaired) electrons. The van der Waals surface area contributed by atoms with Crippen LogP contribution in [0.3, 0.4) is 0 Å². The Hall–Kier alpha value is -6.84. The van der Waals surface area contributed by atoms with Crippen LogP contribution in [-0.2, 0) is 13.1 Å². The molecule has 0 aliphatic carbocycles. The second-order valence-electron chi connectivity index (χ2n) is 11.0. The predicted octanol–water partition coefficient (Wildman–Crippen LogP) is 4.00. The Morgan fingerprint density at radius 2 is 1.21 bits per heavy atom. The van der Waals surface area contributed by atoms with E-state index < -0.39 is 0 Å². The summed E-state index contributed by atoms with van der Waals surface area (Å²) in [6.07, 6.45) is 3.14. The van der Waals surface area contributed by atoms with Crippen LogP contribution in [0.25, 0.3) is 45.2 Å². The van der Waals surface area contributed by atoms with Crippen LogP contribution in [-0.4, -0.2) is 49.9 Å². The fourth-order valence-electron chi connectivity index (χ4n) is 5.13. The first kappa shape index (κ1) is 29.8. The highest BCUT2D eigenvalue weighted by molar-refractivity contribution is 5.86. The van der Waals surface area contributed by atoms with E-state index in [-0.39, 0.29) is 11.9 Å². The summed E-state index contributed by atoms with van der Waals surface area (Å²) in [5, 5.41) is 16.8. The van der Waals surface area contributed by atoms with Gasteiger partial charge in [0.15, 0.2) is 33.8 Å². The van der Waals surface area contributed by atoms with Gasteiger partial charge in [0.25, 0.3) is 0 Å². The standard InChI is InChI=1S/2C16H15N7O/c1-9-10(4-2-5-11(9)17)8-23-15-14(21-22-23)13(19-16(18)20-15)12-6-3-7-24-12;1-9-4-5-10(7-11(9)17)8-23-15-14(21-22-23)13(19-16(18)20-15)12-3-2-6-24-12/h2*2-7H,8,17H2,1H3,(H2,18,19,20). The zero-order valence-corrected chi connectivity index (χ0v) is 25.9. The second-order valence-corrected chi connectivity index (χ2v) is 11.0. The number of nitrogens with zero attached hydrogens (tertiary/aromatic N) is 10. The fraction of sp³-hybridized carbons (Fsp3) is 0.125. The zero-order chi connectivity index (χ0) is 33.4. The number of furan rings is 2. The number of hydrogen-bond donors (Lipinski definition) is 4. The van der Waals surface area contributed by atoms with Gasteiger partial charge >= 0.3 is 0 Å². The lowest BCUT2D eigenvalue weighted by Gasteiger charge is -2.08. The van der Waals surface area contributed by atoms with E-state index in [2.05, 4.69) is 40.6 Å². The van der Waals surface area contributed by atoms with Crippen LogP contribution in [0.1, 0.15) is 22.3 Å². The topological polar surface area (TPSA) is 243 Å². The third kappa shape index (κ3) is 5.68. The van der Waals surface area contributed by atoms with Gasteiger partial charge in [0, 0.05) is 11.4 Å². The molecule has 8 rings (SSSR count). The molecule has 0 spiro atoms. The Morgan fingerprint density at radius 1 is 0.625 bits per heavy atom. The molecule has 6 aromatic heterocycles. The summed E-state index contributed by atoms with van der Waals surface area (Å²) >= 11 is 0. The van der Waals surface area contributed by atoms with Crippen molar-refractivity contribution >= 4 is 45.6 Å². The van der Waals surface area contributed by atoms with Crippen molar-refractivity contribution in [1.82, 2.24) is 49.9 Å². The van der Waals surface area contributed by atoms with Crippen LogP contribution in [0.5, 0.6) is 0 Å². The Morgan fingerprint density at radius 3 is 1.75 bits per heavy atom. The van der Waals surface area contributed by atoms with Crippen molar-refractivity contribution in [2.24, 2.45) is 0 Å². The number of aromatic nitrogens is 10. The number of nitrogens with two attached hydrogens (primary N) is 4. The van der Waals surface area contributed by atoms with Gasteiger partial charge in [0.2, 0.25) is 11.9 Å². The van der Waals surface area contributed by atoms with E-state index in [0.717, 1.165) is 33.6 Å². The fourth-order valence-corrected chi connectivity index (χ4v) is 5.13. The monoisotopic (exact) mass is 642 g/mol. The third-order valence-electron chi connectivity index (χ3n) is 7.75. The molecule has 240 valence electrons. The van der Waals surface area contributed by atoms with Crippen molar-refractivity contribution in [2.45, 2.75) is 26.9 Å². The van der Waals surface area contributed by atoms with Crippen LogP contribution in [0.15, 0.2) is 82.0 Å². The number of anilines is 4. The van der Waals surface area contributed by atoms with Gasteiger partial charge in [0.05, 0.1) is 25.6 Å². The Kier molecular flexibility index (Phi) is 7.56. The van der Waals surface area contributed by atoms with Crippen molar-refractivity contribution in [3.8, 4) is 22.9 Å². The second kappa shape index (κ2) is 12.2. The summed E-state index contributed by atoms with van der Waals surface area (Å²) in [5.41, 5.74) is 32.4. The molecule has 0 saturated heterocycles. The zero-order valence-electron chi connectivity index (χ0n) is 25.9. The van der Waals surface area contributed by atoms with E-state index in [1.165, 1.54) is 0 Å². The summed E-state index contributed by atoms with van der Waals surface area (Å²) in [5.74, 6) is 1.42. The van der Waals surface area contributed by atoms with Gasteiger partial charge in [-0.05, 0) is 72.5 Å². The van der Waals surface area contributed by atoms with Gasteiger partial charge < -0.3 is 31.8 Å². The van der Waals surface area contributed by atoms with Crippen LogP contribution in [0, 0.1) is 13.8 Å². The van der Waals surface area contributed by atoms with Gasteiger partial charge in [-0.3, -0.25) is 0 Å². The van der Waals surface area contributed by atoms with Gasteiger partial charge in [-0.15, -0.1) is 10.2 Å². The molecule has 0 atom stereocenters. The van der Waals surface area contributed by atoms with Gasteiger partial charge in [-0.2, -0.15) is 9.97 Å². The number of benzene rings is 2. The SMILES string of the molecule is Cc1c(N)cccc1Cn1nnc2c(-c3ccco3)nc(N)nc21.Cc1ccc(Cn2nnc3c(-c4ccco4)nc(N)nc32)cc1N. The molecule has 0 aliphatic heterocycles. The number of rotatable bonds is 6. The highest BCUT2D eigenvalue weighted by Crippen LogP contribution is 2.27. The molecule has 0 unspecified atom stereocenters. The molecule has 16 heteroatoms. The van der Waals surface area contributed by atoms with E-state index in [0.29, 0.717) is 58.3 Å². The van der Waals surface area contributed by atoms with Crippen LogP contribution in [0.2, 0.25) is 0 Å². The maximum Gasteiger partial charge on any atom is 0.222 e. The molecule has 0 fully saturated rings. The summed E-state index contributed by atoms with van der Waals surface area (Å²) in [4.78, 5) is 17.0. The lowest BCUT2D eigenvalue weighted by molar-refractivity contribution is 0.580. The molecular formula is C32H30N14O2. The smallest absolute Gasteiger partial charge is 0.222 e. The molecule has 6 heterocycles. The number of nitrogen functional groups attached to an aromatic ring is 4. The summed E-state index contributed by atoms with van der Waals surface area (Å²) in [7, 11) is 0. The van der Waals surface area contributed by atoms with Crippen molar-refractivity contribution in [3.63, 3.8) is 0 Å². The quantitative estimate of drug-likeness (QED) is 0.187. The summed E-state index contributed by atoms with van der Waals surface area (Å²) in [6, 6.07) is 18.8. The highest BCUT2D eigenvalue weighted by Gasteiger charge is 2.19. The lowest BCUT2D eigenvalue weighted by Crippen LogP contribution is -2.07. The summed E-state index contributed by atoms with van der Waals surface area (Å²) < 4.78 is 14.2. The normalized spacial score (nSPS) is 11.2. The molecular weight excluding hydrogens is 612 g/mol. The molecule has 0 bridgehead atoms. The third-order valence-corrected chi connectivity index (χ3v) is 7.75. The van der Waals surface area contributed by atoms with E-state index in [1.54, 1.807) is 46.2 Å². The minimum atomic E-state index is 0.140. The van der Waals surface area contributed by atoms with Crippen LogP contribution in [0.4, 0.5) is 23.3 Å². The average Bonchev–Trinajstić information content (AvgIpc) is 3.90.